The van der Waals surface area contributed by atoms with E-state index < -0.39 is 4.92 Å². The first-order valence-corrected chi connectivity index (χ1v) is 5.43. The van der Waals surface area contributed by atoms with Crippen molar-refractivity contribution < 1.29 is 14.5 Å². The number of anilines is 1. The quantitative estimate of drug-likeness (QED) is 0.432. The Morgan fingerprint density at radius 1 is 1.56 bits per heavy atom. The number of nitrogens with zero attached hydrogens (tertiary/aromatic N) is 3. The Hall–Kier alpha value is -2.18. The van der Waals surface area contributed by atoms with Gasteiger partial charge in [0, 0.05) is 26.1 Å². The van der Waals surface area contributed by atoms with Gasteiger partial charge in [-0.3, -0.25) is 4.79 Å². The van der Waals surface area contributed by atoms with Crippen LogP contribution in [0.25, 0.3) is 0 Å². The van der Waals surface area contributed by atoms with E-state index in [1.165, 1.54) is 19.4 Å². The van der Waals surface area contributed by atoms with Crippen molar-refractivity contribution >= 4 is 17.5 Å². The van der Waals surface area contributed by atoms with Crippen LogP contribution in [0.1, 0.15) is 12.8 Å². The molecule has 98 valence electrons. The summed E-state index contributed by atoms with van der Waals surface area (Å²) < 4.78 is 4.54. The van der Waals surface area contributed by atoms with Gasteiger partial charge in [0.15, 0.2) is 6.20 Å². The topological polar surface area (TPSA) is 85.6 Å². The highest BCUT2D eigenvalue weighted by molar-refractivity contribution is 5.69. The zero-order valence-corrected chi connectivity index (χ0v) is 10.3. The van der Waals surface area contributed by atoms with E-state index in [0.717, 1.165) is 5.69 Å². The molecule has 0 aliphatic heterocycles. The van der Waals surface area contributed by atoms with E-state index in [9.17, 15) is 14.9 Å². The van der Waals surface area contributed by atoms with Crippen molar-refractivity contribution in [2.24, 2.45) is 0 Å². The number of nitro groups is 1. The summed E-state index contributed by atoms with van der Waals surface area (Å²) in [7, 11) is 3.19. The number of carbonyl (C=O) groups is 1. The molecule has 0 saturated heterocycles. The Labute approximate surface area is 105 Å². The Morgan fingerprint density at radius 2 is 2.28 bits per heavy atom. The number of hydrogen-bond acceptors (Lipinski definition) is 6. The molecule has 1 aromatic rings. The Balaban J connectivity index is 2.48. The van der Waals surface area contributed by atoms with Crippen LogP contribution >= 0.6 is 0 Å². The van der Waals surface area contributed by atoms with Crippen molar-refractivity contribution in [1.29, 1.82) is 0 Å². The maximum atomic E-state index is 10.9. The van der Waals surface area contributed by atoms with Crippen LogP contribution in [0, 0.1) is 10.1 Å². The molecule has 18 heavy (non-hydrogen) atoms. The number of methoxy groups -OCH3 is 1. The highest BCUT2D eigenvalue weighted by Crippen LogP contribution is 2.15. The minimum atomic E-state index is -0.541. The third-order valence-corrected chi connectivity index (χ3v) is 2.46. The third-order valence-electron chi connectivity index (χ3n) is 2.46. The maximum Gasteiger partial charge on any atom is 0.363 e. The van der Waals surface area contributed by atoms with Crippen molar-refractivity contribution in [3.8, 4) is 0 Å². The van der Waals surface area contributed by atoms with Crippen molar-refractivity contribution in [1.82, 2.24) is 4.98 Å². The normalized spacial score (nSPS) is 9.89. The van der Waals surface area contributed by atoms with E-state index in [2.05, 4.69) is 9.72 Å². The lowest BCUT2D eigenvalue weighted by Crippen LogP contribution is -2.19. The average molecular weight is 253 g/mol. The van der Waals surface area contributed by atoms with Crippen LogP contribution in [0.2, 0.25) is 0 Å². The lowest BCUT2D eigenvalue weighted by molar-refractivity contribution is -0.389. The van der Waals surface area contributed by atoms with E-state index in [0.29, 0.717) is 19.4 Å². The molecule has 0 spiro atoms. The van der Waals surface area contributed by atoms with Gasteiger partial charge in [-0.05, 0) is 22.4 Å². The molecule has 0 bridgehead atoms. The van der Waals surface area contributed by atoms with Crippen molar-refractivity contribution in [2.45, 2.75) is 12.8 Å². The van der Waals surface area contributed by atoms with Crippen LogP contribution in [-0.4, -0.2) is 36.6 Å². The zero-order chi connectivity index (χ0) is 13.5. The summed E-state index contributed by atoms with van der Waals surface area (Å²) in [6.07, 6.45) is 2.44. The molecule has 0 aliphatic rings. The molecule has 0 amide bonds. The third kappa shape index (κ3) is 4.00. The summed E-state index contributed by atoms with van der Waals surface area (Å²) in [4.78, 5) is 26.4. The number of esters is 1. The largest absolute Gasteiger partial charge is 0.469 e. The second kappa shape index (κ2) is 6.53. The number of rotatable bonds is 6. The van der Waals surface area contributed by atoms with Gasteiger partial charge < -0.3 is 19.8 Å². The van der Waals surface area contributed by atoms with E-state index >= 15 is 0 Å². The molecule has 0 saturated carbocycles. The van der Waals surface area contributed by atoms with Gasteiger partial charge >= 0.3 is 11.8 Å². The minimum absolute atomic E-state index is 0.179. The first kappa shape index (κ1) is 13.9. The predicted molar refractivity (Wildman–Crippen MR) is 65.4 cm³/mol. The SMILES string of the molecule is COC(=O)CCCN(C)c1ccc([N+](=O)[O-])nc1. The van der Waals surface area contributed by atoms with E-state index in [1.807, 2.05) is 11.9 Å². The average Bonchev–Trinajstić information content (AvgIpc) is 2.38. The highest BCUT2D eigenvalue weighted by atomic mass is 16.6. The fourth-order valence-electron chi connectivity index (χ4n) is 1.40. The summed E-state index contributed by atoms with van der Waals surface area (Å²) in [6.45, 7) is 0.647. The zero-order valence-electron chi connectivity index (χ0n) is 10.3. The standard InChI is InChI=1S/C11H15N3O4/c1-13(7-3-4-11(15)18-2)9-5-6-10(12-8-9)14(16)17/h5-6,8H,3-4,7H2,1-2H3. The molecular weight excluding hydrogens is 238 g/mol. The second-order valence-corrected chi connectivity index (χ2v) is 3.73. The number of carbonyl (C=O) groups excluding carboxylic acids is 1. The van der Waals surface area contributed by atoms with Crippen LogP contribution in [-0.2, 0) is 9.53 Å². The molecule has 7 nitrogen and oxygen atoms in total. The van der Waals surface area contributed by atoms with Crippen molar-refractivity contribution in [3.05, 3.63) is 28.4 Å². The molecule has 0 atom stereocenters. The Bertz CT molecular complexity index is 419. The molecule has 0 aromatic carbocycles. The van der Waals surface area contributed by atoms with Gasteiger partial charge in [-0.15, -0.1) is 0 Å². The fourth-order valence-corrected chi connectivity index (χ4v) is 1.40. The maximum absolute atomic E-state index is 10.9. The summed E-state index contributed by atoms with van der Waals surface area (Å²) in [5.74, 6) is -0.424. The molecule has 7 heteroatoms. The molecular formula is C11H15N3O4. The lowest BCUT2D eigenvalue weighted by atomic mass is 10.3. The molecule has 0 unspecified atom stereocenters. The number of ether oxygens (including phenoxy) is 1. The van der Waals surface area contributed by atoms with Gasteiger partial charge in [-0.25, -0.2) is 0 Å². The first-order chi connectivity index (χ1) is 8.54. The second-order valence-electron chi connectivity index (χ2n) is 3.73. The van der Waals surface area contributed by atoms with Crippen LogP contribution in [0.3, 0.4) is 0 Å². The predicted octanol–water partition coefficient (Wildman–Crippen LogP) is 1.38. The highest BCUT2D eigenvalue weighted by Gasteiger charge is 2.09. The van der Waals surface area contributed by atoms with E-state index in [4.69, 9.17) is 0 Å². The fraction of sp³-hybridized carbons (Fsp3) is 0.455. The molecule has 0 radical (unpaired) electrons. The van der Waals surface area contributed by atoms with Gasteiger partial charge in [0.25, 0.3) is 0 Å². The van der Waals surface area contributed by atoms with Gasteiger partial charge in [-0.1, -0.05) is 0 Å². The van der Waals surface area contributed by atoms with Gasteiger partial charge in [-0.2, -0.15) is 0 Å². The number of pyridine rings is 1. The van der Waals surface area contributed by atoms with E-state index in [-0.39, 0.29) is 11.8 Å². The smallest absolute Gasteiger partial charge is 0.363 e. The van der Waals surface area contributed by atoms with Crippen LogP contribution in [0.15, 0.2) is 18.3 Å². The Morgan fingerprint density at radius 3 is 2.78 bits per heavy atom. The minimum Gasteiger partial charge on any atom is -0.469 e. The van der Waals surface area contributed by atoms with Gasteiger partial charge in [0.05, 0.1) is 12.8 Å². The van der Waals surface area contributed by atoms with Crippen molar-refractivity contribution in [2.75, 3.05) is 25.6 Å². The van der Waals surface area contributed by atoms with Crippen LogP contribution in [0.4, 0.5) is 11.5 Å². The van der Waals surface area contributed by atoms with Crippen molar-refractivity contribution in [3.63, 3.8) is 0 Å². The molecule has 0 N–H and O–H groups in total. The van der Waals surface area contributed by atoms with E-state index in [1.54, 1.807) is 6.07 Å². The van der Waals surface area contributed by atoms with Gasteiger partial charge in [0.2, 0.25) is 0 Å². The molecule has 1 aromatic heterocycles. The summed E-state index contributed by atoms with van der Waals surface area (Å²) in [5, 5.41) is 10.4. The van der Waals surface area contributed by atoms with Crippen LogP contribution in [0.5, 0.6) is 0 Å². The molecule has 0 fully saturated rings. The van der Waals surface area contributed by atoms with Crippen LogP contribution < -0.4 is 4.90 Å². The summed E-state index contributed by atoms with van der Waals surface area (Å²) in [5.41, 5.74) is 0.769. The monoisotopic (exact) mass is 253 g/mol. The van der Waals surface area contributed by atoms with Gasteiger partial charge in [0.1, 0.15) is 0 Å². The summed E-state index contributed by atoms with van der Waals surface area (Å²) in [6, 6.07) is 2.98. The molecule has 1 heterocycles. The summed E-state index contributed by atoms with van der Waals surface area (Å²) >= 11 is 0. The number of hydrogen-bond donors (Lipinski definition) is 0. The molecule has 1 rings (SSSR count). The number of aromatic nitrogens is 1. The molecule has 0 aliphatic carbocycles. The lowest BCUT2D eigenvalue weighted by Gasteiger charge is -2.17. The Kier molecular flexibility index (Phi) is 5.04. The first-order valence-electron chi connectivity index (χ1n) is 5.43.